The van der Waals surface area contributed by atoms with Gasteiger partial charge < -0.3 is 10.5 Å². The van der Waals surface area contributed by atoms with Gasteiger partial charge in [0, 0.05) is 7.05 Å². The standard InChI is InChI=1S/C11H14N2O5S/c1-13(7-10(12)14)19(16,17)9-6-4-3-5-8(9)11(15)18-2/h3-6H,7H2,1-2H3,(H2,12,14). The molecule has 2 N–H and O–H groups in total. The number of benzene rings is 1. The molecule has 0 aromatic heterocycles. The van der Waals surface area contributed by atoms with Crippen LogP contribution >= 0.6 is 0 Å². The fourth-order valence-corrected chi connectivity index (χ4v) is 2.76. The van der Waals surface area contributed by atoms with Crippen molar-refractivity contribution in [2.45, 2.75) is 4.90 Å². The van der Waals surface area contributed by atoms with E-state index in [1.165, 1.54) is 31.3 Å². The van der Waals surface area contributed by atoms with Gasteiger partial charge in [-0.15, -0.1) is 0 Å². The van der Waals surface area contributed by atoms with Gasteiger partial charge in [0.15, 0.2) is 0 Å². The van der Waals surface area contributed by atoms with Crippen molar-refractivity contribution in [3.05, 3.63) is 29.8 Å². The molecular weight excluding hydrogens is 272 g/mol. The summed E-state index contributed by atoms with van der Waals surface area (Å²) in [7, 11) is -1.63. The number of esters is 1. The fraction of sp³-hybridized carbons (Fsp3) is 0.273. The summed E-state index contributed by atoms with van der Waals surface area (Å²) in [5, 5.41) is 0. The van der Waals surface area contributed by atoms with Crippen LogP contribution in [0.25, 0.3) is 0 Å². The number of rotatable bonds is 5. The second-order valence-electron chi connectivity index (χ2n) is 3.72. The molecule has 104 valence electrons. The lowest BCUT2D eigenvalue weighted by Gasteiger charge is -2.17. The molecule has 0 aliphatic heterocycles. The molecule has 8 heteroatoms. The van der Waals surface area contributed by atoms with E-state index in [2.05, 4.69) is 4.74 Å². The summed E-state index contributed by atoms with van der Waals surface area (Å²) in [5.41, 5.74) is 4.86. The number of methoxy groups -OCH3 is 1. The van der Waals surface area contributed by atoms with Gasteiger partial charge in [-0.1, -0.05) is 12.1 Å². The molecule has 0 unspecified atom stereocenters. The Bertz CT molecular complexity index is 597. The molecule has 0 aliphatic rings. The van der Waals surface area contributed by atoms with E-state index in [4.69, 9.17) is 5.73 Å². The van der Waals surface area contributed by atoms with Gasteiger partial charge in [-0.25, -0.2) is 13.2 Å². The number of carbonyl (C=O) groups excluding carboxylic acids is 2. The molecule has 1 amide bonds. The molecule has 0 saturated carbocycles. The van der Waals surface area contributed by atoms with Crippen molar-refractivity contribution >= 4 is 21.9 Å². The molecule has 0 bridgehead atoms. The van der Waals surface area contributed by atoms with E-state index < -0.39 is 28.4 Å². The van der Waals surface area contributed by atoms with Crippen molar-refractivity contribution < 1.29 is 22.7 Å². The zero-order valence-electron chi connectivity index (χ0n) is 10.5. The largest absolute Gasteiger partial charge is 0.465 e. The van der Waals surface area contributed by atoms with Gasteiger partial charge in [0.1, 0.15) is 0 Å². The molecule has 0 fully saturated rings. The van der Waals surface area contributed by atoms with Crippen LogP contribution in [0.5, 0.6) is 0 Å². The van der Waals surface area contributed by atoms with Gasteiger partial charge in [0.25, 0.3) is 0 Å². The molecule has 1 aromatic rings. The van der Waals surface area contributed by atoms with Crippen molar-refractivity contribution in [1.82, 2.24) is 4.31 Å². The van der Waals surface area contributed by atoms with Gasteiger partial charge >= 0.3 is 5.97 Å². The summed E-state index contributed by atoms with van der Waals surface area (Å²) >= 11 is 0. The summed E-state index contributed by atoms with van der Waals surface area (Å²) < 4.78 is 29.7. The Morgan fingerprint density at radius 2 is 1.89 bits per heavy atom. The maximum absolute atomic E-state index is 12.2. The summed E-state index contributed by atoms with van der Waals surface area (Å²) in [4.78, 5) is 22.1. The number of ether oxygens (including phenoxy) is 1. The number of likely N-dealkylation sites (N-methyl/N-ethyl adjacent to an activating group) is 1. The van der Waals surface area contributed by atoms with Gasteiger partial charge in [-0.05, 0) is 12.1 Å². The molecule has 19 heavy (non-hydrogen) atoms. The van der Waals surface area contributed by atoms with Crippen molar-refractivity contribution in [1.29, 1.82) is 0 Å². The Morgan fingerprint density at radius 3 is 2.42 bits per heavy atom. The topological polar surface area (TPSA) is 107 Å². The first kappa shape index (κ1) is 15.1. The molecule has 0 atom stereocenters. The Labute approximate surface area is 111 Å². The highest BCUT2D eigenvalue weighted by Gasteiger charge is 2.27. The summed E-state index contributed by atoms with van der Waals surface area (Å²) in [6.07, 6.45) is 0. The normalized spacial score (nSPS) is 11.3. The number of sulfonamides is 1. The highest BCUT2D eigenvalue weighted by molar-refractivity contribution is 7.89. The minimum atomic E-state index is -3.99. The van der Waals surface area contributed by atoms with Crippen LogP contribution in [0.3, 0.4) is 0 Å². The number of nitrogens with two attached hydrogens (primary N) is 1. The third-order valence-electron chi connectivity index (χ3n) is 2.36. The van der Waals surface area contributed by atoms with E-state index in [0.717, 1.165) is 11.4 Å². The number of hydrogen-bond donors (Lipinski definition) is 1. The Morgan fingerprint density at radius 1 is 1.32 bits per heavy atom. The van der Waals surface area contributed by atoms with Crippen LogP contribution < -0.4 is 5.73 Å². The number of nitrogens with zero attached hydrogens (tertiary/aromatic N) is 1. The van der Waals surface area contributed by atoms with Crippen LogP contribution in [0.2, 0.25) is 0 Å². The van der Waals surface area contributed by atoms with Crippen molar-refractivity contribution in [3.8, 4) is 0 Å². The van der Waals surface area contributed by atoms with Crippen molar-refractivity contribution in [3.63, 3.8) is 0 Å². The van der Waals surface area contributed by atoms with E-state index in [1.54, 1.807) is 0 Å². The lowest BCUT2D eigenvalue weighted by molar-refractivity contribution is -0.118. The van der Waals surface area contributed by atoms with Crippen LogP contribution in [-0.2, 0) is 19.6 Å². The minimum Gasteiger partial charge on any atom is -0.465 e. The third kappa shape index (κ3) is 3.30. The highest BCUT2D eigenvalue weighted by atomic mass is 32.2. The van der Waals surface area contributed by atoms with Crippen molar-refractivity contribution in [2.75, 3.05) is 20.7 Å². The molecule has 1 aromatic carbocycles. The summed E-state index contributed by atoms with van der Waals surface area (Å²) in [6, 6.07) is 5.58. The molecule has 1 rings (SSSR count). The molecule has 0 aliphatic carbocycles. The van der Waals surface area contributed by atoms with Crippen molar-refractivity contribution in [2.24, 2.45) is 5.73 Å². The number of amides is 1. The quantitative estimate of drug-likeness (QED) is 0.740. The first-order valence-corrected chi connectivity index (χ1v) is 6.66. The Hall–Kier alpha value is -1.93. The smallest absolute Gasteiger partial charge is 0.339 e. The Balaban J connectivity index is 3.29. The van der Waals surface area contributed by atoms with E-state index in [1.807, 2.05) is 0 Å². The average Bonchev–Trinajstić information content (AvgIpc) is 2.37. The second-order valence-corrected chi connectivity index (χ2v) is 5.73. The van der Waals surface area contributed by atoms with Crippen LogP contribution in [0.4, 0.5) is 0 Å². The lowest BCUT2D eigenvalue weighted by atomic mass is 10.2. The average molecular weight is 286 g/mol. The van der Waals surface area contributed by atoms with Crippen LogP contribution in [-0.4, -0.2) is 45.3 Å². The summed E-state index contributed by atoms with van der Waals surface area (Å²) in [6.45, 7) is -0.474. The Kier molecular flexibility index (Phi) is 4.62. The van der Waals surface area contributed by atoms with Gasteiger partial charge in [-0.3, -0.25) is 4.79 Å². The van der Waals surface area contributed by atoms with Crippen LogP contribution in [0, 0.1) is 0 Å². The fourth-order valence-electron chi connectivity index (χ4n) is 1.44. The van der Waals surface area contributed by atoms with Crippen LogP contribution in [0.1, 0.15) is 10.4 Å². The number of primary amides is 1. The van der Waals surface area contributed by atoms with E-state index in [9.17, 15) is 18.0 Å². The van der Waals surface area contributed by atoms with Gasteiger partial charge in [0.05, 0.1) is 24.1 Å². The molecule has 0 heterocycles. The molecule has 0 radical (unpaired) electrons. The van der Waals surface area contributed by atoms with Crippen LogP contribution in [0.15, 0.2) is 29.2 Å². The second kappa shape index (κ2) is 5.81. The minimum absolute atomic E-state index is 0.0960. The zero-order chi connectivity index (χ0) is 14.6. The molecule has 7 nitrogen and oxygen atoms in total. The maximum atomic E-state index is 12.2. The van der Waals surface area contributed by atoms with Gasteiger partial charge in [0.2, 0.25) is 15.9 Å². The van der Waals surface area contributed by atoms with Gasteiger partial charge in [-0.2, -0.15) is 4.31 Å². The lowest BCUT2D eigenvalue weighted by Crippen LogP contribution is -2.36. The summed E-state index contributed by atoms with van der Waals surface area (Å²) in [5.74, 6) is -1.56. The molecule has 0 spiro atoms. The first-order valence-electron chi connectivity index (χ1n) is 5.22. The highest BCUT2D eigenvalue weighted by Crippen LogP contribution is 2.19. The number of hydrogen-bond acceptors (Lipinski definition) is 5. The monoisotopic (exact) mass is 286 g/mol. The molecule has 0 saturated heterocycles. The van der Waals surface area contributed by atoms with E-state index in [0.29, 0.717) is 0 Å². The maximum Gasteiger partial charge on any atom is 0.339 e. The SMILES string of the molecule is COC(=O)c1ccccc1S(=O)(=O)N(C)CC(N)=O. The molecular formula is C11H14N2O5S. The number of carbonyl (C=O) groups is 2. The third-order valence-corrected chi connectivity index (χ3v) is 4.22. The predicted molar refractivity (Wildman–Crippen MR) is 66.8 cm³/mol. The van der Waals surface area contributed by atoms with E-state index in [-0.39, 0.29) is 10.5 Å². The zero-order valence-corrected chi connectivity index (χ0v) is 11.3. The van der Waals surface area contributed by atoms with E-state index >= 15 is 0 Å². The predicted octanol–water partition coefficient (Wildman–Crippen LogP) is -0.421. The first-order chi connectivity index (χ1) is 8.80.